The molecular weight excluding hydrogens is 141 g/mol. The quantitative estimate of drug-likeness (QED) is 0.662. The third kappa shape index (κ3) is 3.19. The van der Waals surface area contributed by atoms with Gasteiger partial charge in [0, 0.05) is 0 Å². The highest BCUT2D eigenvalue weighted by Crippen LogP contribution is 2.18. The lowest BCUT2D eigenvalue weighted by Crippen LogP contribution is -2.13. The summed E-state index contributed by atoms with van der Waals surface area (Å²) >= 11 is 0. The van der Waals surface area contributed by atoms with E-state index in [9.17, 15) is 4.39 Å². The van der Waals surface area contributed by atoms with E-state index in [4.69, 9.17) is 0 Å². The monoisotopic (exact) mass is 159 g/mol. The second-order valence-electron chi connectivity index (χ2n) is 3.48. The summed E-state index contributed by atoms with van der Waals surface area (Å²) in [6, 6.07) is 0. The smallest absolute Gasteiger partial charge is 0.100 e. The van der Waals surface area contributed by atoms with E-state index in [0.717, 1.165) is 32.4 Å². The van der Waals surface area contributed by atoms with Gasteiger partial charge in [0.05, 0.1) is 0 Å². The number of hydrogen-bond donors (Lipinski definition) is 1. The molecule has 1 fully saturated rings. The van der Waals surface area contributed by atoms with Crippen molar-refractivity contribution in [2.45, 2.75) is 38.8 Å². The van der Waals surface area contributed by atoms with Gasteiger partial charge in [-0.15, -0.1) is 0 Å². The third-order valence-electron chi connectivity index (χ3n) is 2.35. The van der Waals surface area contributed by atoms with Crippen LogP contribution < -0.4 is 5.32 Å². The molecule has 11 heavy (non-hydrogen) atoms. The van der Waals surface area contributed by atoms with Crippen molar-refractivity contribution in [2.24, 2.45) is 5.92 Å². The van der Waals surface area contributed by atoms with Gasteiger partial charge >= 0.3 is 0 Å². The molecule has 0 aromatic carbocycles. The summed E-state index contributed by atoms with van der Waals surface area (Å²) in [6.07, 6.45) is 3.12. The Kier molecular flexibility index (Phi) is 3.84. The van der Waals surface area contributed by atoms with E-state index < -0.39 is 6.17 Å². The average Bonchev–Trinajstić information content (AvgIpc) is 2.40. The van der Waals surface area contributed by atoms with Crippen molar-refractivity contribution in [1.82, 2.24) is 5.32 Å². The first kappa shape index (κ1) is 8.98. The van der Waals surface area contributed by atoms with Crippen molar-refractivity contribution in [3.05, 3.63) is 0 Å². The van der Waals surface area contributed by atoms with E-state index >= 15 is 0 Å². The summed E-state index contributed by atoms with van der Waals surface area (Å²) < 4.78 is 13.0. The largest absolute Gasteiger partial charge is 0.316 e. The van der Waals surface area contributed by atoms with Crippen molar-refractivity contribution in [2.75, 3.05) is 13.1 Å². The molecule has 2 heteroatoms. The Morgan fingerprint density at radius 3 is 3.00 bits per heavy atom. The van der Waals surface area contributed by atoms with Crippen LogP contribution in [0.5, 0.6) is 0 Å². The summed E-state index contributed by atoms with van der Waals surface area (Å²) in [7, 11) is 0. The minimum absolute atomic E-state index is 0.551. The summed E-state index contributed by atoms with van der Waals surface area (Å²) in [4.78, 5) is 0. The van der Waals surface area contributed by atoms with Crippen LogP contribution in [0.1, 0.15) is 32.6 Å². The molecule has 1 rings (SSSR count). The fourth-order valence-corrected chi connectivity index (χ4v) is 1.71. The molecule has 0 aromatic rings. The summed E-state index contributed by atoms with van der Waals surface area (Å²) in [5.74, 6) is 0.608. The Labute approximate surface area is 68.4 Å². The number of rotatable bonds is 4. The molecular formula is C9H18FN. The molecule has 0 aliphatic carbocycles. The molecule has 0 saturated carbocycles. The molecule has 0 aromatic heterocycles. The van der Waals surface area contributed by atoms with Gasteiger partial charge in [0.25, 0.3) is 0 Å². The first-order valence-electron chi connectivity index (χ1n) is 4.67. The molecule has 0 amide bonds. The Morgan fingerprint density at radius 1 is 1.64 bits per heavy atom. The number of alkyl halides is 1. The lowest BCUT2D eigenvalue weighted by Gasteiger charge is -2.11. The van der Waals surface area contributed by atoms with E-state index in [1.807, 2.05) is 6.92 Å². The second-order valence-corrected chi connectivity index (χ2v) is 3.48. The van der Waals surface area contributed by atoms with Gasteiger partial charge in [-0.1, -0.05) is 13.3 Å². The highest BCUT2D eigenvalue weighted by molar-refractivity contribution is 4.73. The molecule has 1 saturated heterocycles. The van der Waals surface area contributed by atoms with E-state index in [1.165, 1.54) is 6.42 Å². The van der Waals surface area contributed by atoms with Crippen LogP contribution in [0.2, 0.25) is 0 Å². The number of hydrogen-bond acceptors (Lipinski definition) is 1. The summed E-state index contributed by atoms with van der Waals surface area (Å²) in [6.45, 7) is 4.16. The molecule has 2 unspecified atom stereocenters. The van der Waals surface area contributed by atoms with Crippen LogP contribution >= 0.6 is 0 Å². The maximum atomic E-state index is 13.0. The second kappa shape index (κ2) is 4.70. The Morgan fingerprint density at radius 2 is 2.45 bits per heavy atom. The predicted molar refractivity (Wildman–Crippen MR) is 45.4 cm³/mol. The topological polar surface area (TPSA) is 12.0 Å². The maximum Gasteiger partial charge on any atom is 0.100 e. The van der Waals surface area contributed by atoms with Crippen LogP contribution in [0.4, 0.5) is 4.39 Å². The molecule has 2 atom stereocenters. The summed E-state index contributed by atoms with van der Waals surface area (Å²) in [5, 5.41) is 3.25. The first-order valence-corrected chi connectivity index (χ1v) is 4.67. The van der Waals surface area contributed by atoms with Gasteiger partial charge in [0.2, 0.25) is 0 Å². The summed E-state index contributed by atoms with van der Waals surface area (Å²) in [5.41, 5.74) is 0. The molecule has 1 nitrogen and oxygen atoms in total. The fourth-order valence-electron chi connectivity index (χ4n) is 1.71. The highest BCUT2D eigenvalue weighted by atomic mass is 19.1. The molecule has 0 bridgehead atoms. The van der Waals surface area contributed by atoms with Crippen molar-refractivity contribution >= 4 is 0 Å². The van der Waals surface area contributed by atoms with Crippen LogP contribution in [0.25, 0.3) is 0 Å². The SMILES string of the molecule is CCCC(F)CC1CCNC1. The number of halogens is 1. The molecule has 1 heterocycles. The van der Waals surface area contributed by atoms with Crippen molar-refractivity contribution in [3.8, 4) is 0 Å². The lowest BCUT2D eigenvalue weighted by molar-refractivity contribution is 0.258. The van der Waals surface area contributed by atoms with Gasteiger partial charge < -0.3 is 5.32 Å². The maximum absolute atomic E-state index is 13.0. The van der Waals surface area contributed by atoms with Gasteiger partial charge in [-0.25, -0.2) is 4.39 Å². The zero-order valence-corrected chi connectivity index (χ0v) is 7.28. The van der Waals surface area contributed by atoms with Gasteiger partial charge in [-0.05, 0) is 38.3 Å². The van der Waals surface area contributed by atoms with Crippen LogP contribution in [-0.2, 0) is 0 Å². The average molecular weight is 159 g/mol. The van der Waals surface area contributed by atoms with E-state index in [1.54, 1.807) is 0 Å². The van der Waals surface area contributed by atoms with Crippen LogP contribution in [0.15, 0.2) is 0 Å². The van der Waals surface area contributed by atoms with Gasteiger partial charge in [-0.3, -0.25) is 0 Å². The first-order chi connectivity index (χ1) is 5.33. The highest BCUT2D eigenvalue weighted by Gasteiger charge is 2.18. The minimum Gasteiger partial charge on any atom is -0.316 e. The van der Waals surface area contributed by atoms with Gasteiger partial charge in [0.15, 0.2) is 0 Å². The molecule has 1 aliphatic rings. The molecule has 0 spiro atoms. The molecule has 66 valence electrons. The molecule has 1 aliphatic heterocycles. The Balaban J connectivity index is 2.08. The van der Waals surface area contributed by atoms with Crippen LogP contribution in [0.3, 0.4) is 0 Å². The number of nitrogens with one attached hydrogen (secondary N) is 1. The van der Waals surface area contributed by atoms with Gasteiger partial charge in [0.1, 0.15) is 6.17 Å². The molecule has 1 N–H and O–H groups in total. The predicted octanol–water partition coefficient (Wildman–Crippen LogP) is 2.12. The van der Waals surface area contributed by atoms with E-state index in [0.29, 0.717) is 5.92 Å². The minimum atomic E-state index is -0.551. The fraction of sp³-hybridized carbons (Fsp3) is 1.00. The van der Waals surface area contributed by atoms with E-state index in [-0.39, 0.29) is 0 Å². The Hall–Kier alpha value is -0.110. The normalized spacial score (nSPS) is 27.3. The zero-order chi connectivity index (χ0) is 8.10. The van der Waals surface area contributed by atoms with Crippen LogP contribution in [-0.4, -0.2) is 19.3 Å². The van der Waals surface area contributed by atoms with Crippen molar-refractivity contribution in [1.29, 1.82) is 0 Å². The van der Waals surface area contributed by atoms with Crippen molar-refractivity contribution < 1.29 is 4.39 Å². The van der Waals surface area contributed by atoms with Crippen molar-refractivity contribution in [3.63, 3.8) is 0 Å². The zero-order valence-electron chi connectivity index (χ0n) is 7.28. The molecule has 0 radical (unpaired) electrons. The third-order valence-corrected chi connectivity index (χ3v) is 2.35. The van der Waals surface area contributed by atoms with Crippen LogP contribution in [0, 0.1) is 5.92 Å². The van der Waals surface area contributed by atoms with E-state index in [2.05, 4.69) is 5.32 Å². The standard InChI is InChI=1S/C9H18FN/c1-2-3-9(10)6-8-4-5-11-7-8/h8-9,11H,2-7H2,1H3. The lowest BCUT2D eigenvalue weighted by atomic mass is 9.99. The Bertz CT molecular complexity index is 99.7. The van der Waals surface area contributed by atoms with Gasteiger partial charge in [-0.2, -0.15) is 0 Å².